The molecule has 4 heteroatoms. The van der Waals surface area contributed by atoms with Gasteiger partial charge in [0.1, 0.15) is 0 Å². The summed E-state index contributed by atoms with van der Waals surface area (Å²) in [6.45, 7) is 6.30. The Labute approximate surface area is 356 Å². The Kier molecular flexibility index (Phi) is 14.5. The van der Waals surface area contributed by atoms with E-state index in [1.807, 2.05) is 55.0 Å². The van der Waals surface area contributed by atoms with Crippen LogP contribution in [0.3, 0.4) is 0 Å². The van der Waals surface area contributed by atoms with E-state index >= 15 is 0 Å². The molecule has 0 unspecified atom stereocenters. The van der Waals surface area contributed by atoms with E-state index in [1.165, 1.54) is 66.8 Å². The average Bonchev–Trinajstić information content (AvgIpc) is 3.28. The fraction of sp³-hybridized carbons (Fsp3) is 0.0556. The van der Waals surface area contributed by atoms with Crippen molar-refractivity contribution in [1.82, 2.24) is 15.0 Å². The second-order valence-corrected chi connectivity index (χ2v) is 13.7. The molecule has 58 heavy (non-hydrogen) atoms. The number of nitrogens with zero attached hydrogens (tertiary/aromatic N) is 3. The van der Waals surface area contributed by atoms with Gasteiger partial charge in [-0.25, -0.2) is 0 Å². The van der Waals surface area contributed by atoms with Crippen molar-refractivity contribution in [2.45, 2.75) is 20.8 Å². The van der Waals surface area contributed by atoms with Crippen LogP contribution >= 0.6 is 0 Å². The van der Waals surface area contributed by atoms with E-state index in [4.69, 9.17) is 0 Å². The van der Waals surface area contributed by atoms with E-state index < -0.39 is 0 Å². The van der Waals surface area contributed by atoms with Gasteiger partial charge in [0, 0.05) is 35.3 Å². The molecule has 3 heterocycles. The Bertz CT molecular complexity index is 2360. The molecule has 0 saturated carbocycles. The molecule has 0 atom stereocenters. The first-order valence-corrected chi connectivity index (χ1v) is 19.3. The molecule has 9 rings (SSSR count). The second kappa shape index (κ2) is 20.5. The van der Waals surface area contributed by atoms with Crippen molar-refractivity contribution < 1.29 is 20.1 Å². The third-order valence-electron chi connectivity index (χ3n) is 9.83. The molecule has 0 amide bonds. The van der Waals surface area contributed by atoms with Crippen LogP contribution in [0, 0.1) is 20.8 Å². The van der Waals surface area contributed by atoms with Crippen molar-refractivity contribution in [1.29, 1.82) is 0 Å². The van der Waals surface area contributed by atoms with Crippen LogP contribution in [0.2, 0.25) is 0 Å². The summed E-state index contributed by atoms with van der Waals surface area (Å²) in [6, 6.07) is 68.9. The summed E-state index contributed by atoms with van der Waals surface area (Å²) >= 11 is 0. The Morgan fingerprint density at radius 2 is 0.466 bits per heavy atom. The van der Waals surface area contributed by atoms with Gasteiger partial charge in [0.05, 0.1) is 17.1 Å². The average molecular weight is 928 g/mol. The number of aromatic nitrogens is 3. The topological polar surface area (TPSA) is 38.7 Å². The van der Waals surface area contributed by atoms with Crippen LogP contribution < -0.4 is 0 Å². The van der Waals surface area contributed by atoms with E-state index in [-0.39, 0.29) is 20.1 Å². The summed E-state index contributed by atoms with van der Waals surface area (Å²) in [7, 11) is 0. The molecule has 6 aromatic carbocycles. The van der Waals surface area contributed by atoms with Crippen LogP contribution in [0.5, 0.6) is 0 Å². The Balaban J connectivity index is 0.000000145. The molecular formula is C54H45IrN3+3. The van der Waals surface area contributed by atoms with E-state index in [0.29, 0.717) is 0 Å². The fourth-order valence-electron chi connectivity index (χ4n) is 6.98. The van der Waals surface area contributed by atoms with E-state index in [0.717, 1.165) is 17.1 Å². The zero-order valence-corrected chi connectivity index (χ0v) is 35.4. The molecule has 0 N–H and O–H groups in total. The maximum atomic E-state index is 4.53. The summed E-state index contributed by atoms with van der Waals surface area (Å²) in [5.74, 6) is 0. The molecule has 0 fully saturated rings. The van der Waals surface area contributed by atoms with Crippen LogP contribution in [0.4, 0.5) is 0 Å². The van der Waals surface area contributed by atoms with Gasteiger partial charge >= 0.3 is 20.1 Å². The predicted molar refractivity (Wildman–Crippen MR) is 240 cm³/mol. The quantitative estimate of drug-likeness (QED) is 0.167. The fourth-order valence-corrected chi connectivity index (χ4v) is 6.98. The first-order valence-electron chi connectivity index (χ1n) is 19.3. The van der Waals surface area contributed by atoms with Gasteiger partial charge in [0.25, 0.3) is 0 Å². The molecule has 3 aromatic heterocycles. The monoisotopic (exact) mass is 928 g/mol. The maximum absolute atomic E-state index is 4.53. The molecule has 0 bridgehead atoms. The largest absolute Gasteiger partial charge is 3.00 e. The summed E-state index contributed by atoms with van der Waals surface area (Å²) in [6.07, 6.45) is 5.55. The van der Waals surface area contributed by atoms with Crippen molar-refractivity contribution in [2.75, 3.05) is 0 Å². The number of pyridine rings is 3. The molecule has 0 saturated heterocycles. The Hall–Kier alpha value is -6.58. The van der Waals surface area contributed by atoms with Crippen LogP contribution in [-0.4, -0.2) is 15.0 Å². The van der Waals surface area contributed by atoms with Crippen LogP contribution in [0.15, 0.2) is 219 Å². The molecule has 0 radical (unpaired) electrons. The van der Waals surface area contributed by atoms with Crippen molar-refractivity contribution in [3.8, 4) is 67.2 Å². The van der Waals surface area contributed by atoms with Crippen LogP contribution in [0.25, 0.3) is 67.2 Å². The second-order valence-electron chi connectivity index (χ2n) is 13.7. The summed E-state index contributed by atoms with van der Waals surface area (Å²) in [5, 5.41) is 0. The molecule has 0 aliphatic rings. The minimum absolute atomic E-state index is 0. The summed E-state index contributed by atoms with van der Waals surface area (Å²) in [4.78, 5) is 13.6. The first kappa shape index (κ1) is 41.1. The van der Waals surface area contributed by atoms with Gasteiger partial charge in [0.15, 0.2) is 0 Å². The maximum Gasteiger partial charge on any atom is 3.00 e. The van der Waals surface area contributed by atoms with Gasteiger partial charge in [0.2, 0.25) is 0 Å². The minimum atomic E-state index is 0. The van der Waals surface area contributed by atoms with Crippen LogP contribution in [0.1, 0.15) is 16.7 Å². The summed E-state index contributed by atoms with van der Waals surface area (Å²) < 4.78 is 0. The molecule has 3 nitrogen and oxygen atoms in total. The number of aryl methyl sites for hydroxylation is 3. The SMILES string of the molecule is Cc1cccnc1-c1ccccc1-c1ccccc1.Cc1cccnc1-c1ccccc1-c1ccccc1.Cc1cccnc1-c1ccccc1-c1ccccc1.[Ir+3]. The predicted octanol–water partition coefficient (Wildman–Crippen LogP) is 14.2. The van der Waals surface area contributed by atoms with Gasteiger partial charge < -0.3 is 0 Å². The minimum Gasteiger partial charge on any atom is -0.256 e. The zero-order valence-electron chi connectivity index (χ0n) is 33.0. The van der Waals surface area contributed by atoms with Crippen LogP contribution in [-0.2, 0) is 20.1 Å². The first-order chi connectivity index (χ1) is 28.1. The van der Waals surface area contributed by atoms with Gasteiger partial charge in [-0.05, 0) is 89.0 Å². The van der Waals surface area contributed by atoms with Gasteiger partial charge in [-0.15, -0.1) is 0 Å². The molecule has 0 aliphatic carbocycles. The number of rotatable bonds is 6. The Morgan fingerprint density at radius 1 is 0.241 bits per heavy atom. The molecule has 282 valence electrons. The van der Waals surface area contributed by atoms with Gasteiger partial charge in [-0.1, -0.05) is 182 Å². The molecule has 0 spiro atoms. The normalized spacial score (nSPS) is 10.2. The van der Waals surface area contributed by atoms with Crippen molar-refractivity contribution >= 4 is 0 Å². The van der Waals surface area contributed by atoms with Gasteiger partial charge in [-0.3, -0.25) is 15.0 Å². The van der Waals surface area contributed by atoms with Gasteiger partial charge in [-0.2, -0.15) is 0 Å². The molecule has 0 aliphatic heterocycles. The van der Waals surface area contributed by atoms with E-state index in [9.17, 15) is 0 Å². The number of benzene rings is 6. The zero-order chi connectivity index (χ0) is 39.2. The summed E-state index contributed by atoms with van der Waals surface area (Å²) in [5.41, 5.74) is 17.7. The number of hydrogen-bond donors (Lipinski definition) is 0. The number of hydrogen-bond acceptors (Lipinski definition) is 3. The third-order valence-corrected chi connectivity index (χ3v) is 9.83. The third kappa shape index (κ3) is 10.0. The van der Waals surface area contributed by atoms with E-state index in [2.05, 4.69) is 200 Å². The van der Waals surface area contributed by atoms with Crippen molar-refractivity contribution in [3.05, 3.63) is 235 Å². The smallest absolute Gasteiger partial charge is 0.256 e. The molecule has 9 aromatic rings. The molecular weight excluding hydrogens is 883 g/mol. The van der Waals surface area contributed by atoms with Crippen molar-refractivity contribution in [3.63, 3.8) is 0 Å². The Morgan fingerprint density at radius 3 is 0.707 bits per heavy atom. The van der Waals surface area contributed by atoms with E-state index in [1.54, 1.807) is 0 Å². The standard InChI is InChI=1S/3C18H15N.Ir/c3*1-14-8-7-13-19-18(14)17-12-6-5-11-16(17)15-9-3-2-4-10-15;/h3*2-13H,1H3;/q;;;+3. The van der Waals surface area contributed by atoms with Crippen molar-refractivity contribution in [2.24, 2.45) is 0 Å².